The van der Waals surface area contributed by atoms with Crippen LogP contribution >= 0.6 is 0 Å². The lowest BCUT2D eigenvalue weighted by Gasteiger charge is -2.00. The molecule has 0 aliphatic heterocycles. The summed E-state index contributed by atoms with van der Waals surface area (Å²) in [7, 11) is 0. The van der Waals surface area contributed by atoms with E-state index in [-0.39, 0.29) is 11.5 Å². The molecule has 2 aromatic heterocycles. The summed E-state index contributed by atoms with van der Waals surface area (Å²) in [5.74, 6) is -0.789. The molecule has 0 radical (unpaired) electrons. The van der Waals surface area contributed by atoms with E-state index in [1.807, 2.05) is 20.0 Å². The van der Waals surface area contributed by atoms with Gasteiger partial charge in [0.25, 0.3) is 5.91 Å². The zero-order valence-electron chi connectivity index (χ0n) is 11.1. The Hall–Kier alpha value is -2.71. The molecule has 0 aromatic carbocycles. The number of H-pyrrole nitrogens is 1. The van der Waals surface area contributed by atoms with Gasteiger partial charge >= 0.3 is 5.82 Å². The number of rotatable bonds is 5. The van der Waals surface area contributed by atoms with Crippen molar-refractivity contribution in [2.75, 3.05) is 0 Å². The van der Waals surface area contributed by atoms with E-state index in [4.69, 9.17) is 0 Å². The van der Waals surface area contributed by atoms with E-state index >= 15 is 0 Å². The second-order valence-corrected chi connectivity index (χ2v) is 4.17. The highest BCUT2D eigenvalue weighted by atomic mass is 16.6. The number of carbonyl (C=O) groups excluding carboxylic acids is 1. The molecule has 0 bridgehead atoms. The molecule has 1 amide bonds. The molecule has 0 spiro atoms. The van der Waals surface area contributed by atoms with Crippen LogP contribution in [0.15, 0.2) is 12.3 Å². The van der Waals surface area contributed by atoms with Crippen LogP contribution in [0.3, 0.4) is 0 Å². The molecule has 106 valence electrons. The number of nitrogens with zero attached hydrogens (tertiary/aromatic N) is 4. The number of aromatic nitrogens is 4. The predicted molar refractivity (Wildman–Crippen MR) is 69.1 cm³/mol. The van der Waals surface area contributed by atoms with Gasteiger partial charge in [-0.2, -0.15) is 5.10 Å². The second kappa shape index (κ2) is 5.51. The Kier molecular flexibility index (Phi) is 3.78. The van der Waals surface area contributed by atoms with E-state index in [1.54, 1.807) is 4.68 Å². The van der Waals surface area contributed by atoms with Gasteiger partial charge < -0.3 is 15.4 Å². The smallest absolute Gasteiger partial charge is 0.343 e. The maximum absolute atomic E-state index is 11.8. The summed E-state index contributed by atoms with van der Waals surface area (Å²) < 4.78 is 1.77. The molecule has 0 saturated heterocycles. The third kappa shape index (κ3) is 2.82. The summed E-state index contributed by atoms with van der Waals surface area (Å²) in [5.41, 5.74) is 1.71. The Balaban J connectivity index is 2.00. The zero-order valence-corrected chi connectivity index (χ0v) is 11.1. The molecular weight excluding hydrogens is 264 g/mol. The van der Waals surface area contributed by atoms with Crippen molar-refractivity contribution < 1.29 is 9.72 Å². The van der Waals surface area contributed by atoms with Crippen molar-refractivity contribution in [3.8, 4) is 0 Å². The van der Waals surface area contributed by atoms with Gasteiger partial charge in [-0.05, 0) is 18.8 Å². The maximum Gasteiger partial charge on any atom is 0.343 e. The van der Waals surface area contributed by atoms with Gasteiger partial charge in [-0.15, -0.1) is 5.10 Å². The minimum Gasteiger partial charge on any atom is -0.358 e. The minimum atomic E-state index is -0.640. The highest BCUT2D eigenvalue weighted by molar-refractivity contribution is 5.92. The number of amides is 1. The molecular formula is C11H14N6O3. The van der Waals surface area contributed by atoms with Crippen molar-refractivity contribution in [3.05, 3.63) is 39.3 Å². The summed E-state index contributed by atoms with van der Waals surface area (Å²) >= 11 is 0. The monoisotopic (exact) mass is 278 g/mol. The fraction of sp³-hybridized carbons (Fsp3) is 0.364. The van der Waals surface area contributed by atoms with Crippen LogP contribution < -0.4 is 5.32 Å². The fourth-order valence-electron chi connectivity index (χ4n) is 1.68. The first-order valence-corrected chi connectivity index (χ1v) is 6.02. The van der Waals surface area contributed by atoms with E-state index in [2.05, 4.69) is 20.6 Å². The topological polar surface area (TPSA) is 119 Å². The van der Waals surface area contributed by atoms with E-state index in [0.29, 0.717) is 6.54 Å². The number of nitrogens with one attached hydrogen (secondary N) is 2. The van der Waals surface area contributed by atoms with E-state index in [9.17, 15) is 14.9 Å². The quantitative estimate of drug-likeness (QED) is 0.618. The summed E-state index contributed by atoms with van der Waals surface area (Å²) in [6.45, 7) is 4.87. The van der Waals surface area contributed by atoms with Crippen LogP contribution in [0.1, 0.15) is 28.7 Å². The standard InChI is InChI=1S/C11H14N6O3/c1-3-16-6-8(7(2)15-16)5-12-11(18)9-4-10(14-13-9)17(19)20/h4,6H,3,5H2,1-2H3,(H,12,18)(H,13,14). The molecule has 2 heterocycles. The van der Waals surface area contributed by atoms with E-state index in [0.717, 1.165) is 23.9 Å². The van der Waals surface area contributed by atoms with Crippen molar-refractivity contribution in [1.29, 1.82) is 0 Å². The van der Waals surface area contributed by atoms with Gasteiger partial charge in [-0.3, -0.25) is 9.48 Å². The predicted octanol–water partition coefficient (Wildman–Crippen LogP) is 0.773. The van der Waals surface area contributed by atoms with Crippen molar-refractivity contribution in [1.82, 2.24) is 25.3 Å². The Bertz CT molecular complexity index is 644. The number of carbonyl (C=O) groups is 1. The van der Waals surface area contributed by atoms with Gasteiger partial charge in [-0.1, -0.05) is 5.10 Å². The van der Waals surface area contributed by atoms with Gasteiger partial charge in [0.15, 0.2) is 5.69 Å². The molecule has 0 unspecified atom stereocenters. The third-order valence-corrected chi connectivity index (χ3v) is 2.81. The molecule has 0 atom stereocenters. The van der Waals surface area contributed by atoms with Crippen molar-refractivity contribution >= 4 is 11.7 Å². The Morgan fingerprint density at radius 1 is 1.60 bits per heavy atom. The highest BCUT2D eigenvalue weighted by Gasteiger charge is 2.16. The van der Waals surface area contributed by atoms with Crippen LogP contribution in [0, 0.1) is 17.0 Å². The maximum atomic E-state index is 11.8. The molecule has 2 N–H and O–H groups in total. The zero-order chi connectivity index (χ0) is 14.7. The molecule has 9 nitrogen and oxygen atoms in total. The fourth-order valence-corrected chi connectivity index (χ4v) is 1.68. The Morgan fingerprint density at radius 2 is 2.35 bits per heavy atom. The summed E-state index contributed by atoms with van der Waals surface area (Å²) in [4.78, 5) is 21.6. The molecule has 2 rings (SSSR count). The lowest BCUT2D eigenvalue weighted by Crippen LogP contribution is -2.23. The van der Waals surface area contributed by atoms with Gasteiger partial charge in [0.2, 0.25) is 0 Å². The normalized spacial score (nSPS) is 10.5. The molecule has 0 aliphatic carbocycles. The van der Waals surface area contributed by atoms with Crippen molar-refractivity contribution in [3.63, 3.8) is 0 Å². The van der Waals surface area contributed by atoms with E-state index < -0.39 is 10.8 Å². The van der Waals surface area contributed by atoms with Crippen LogP contribution in [0.25, 0.3) is 0 Å². The number of hydrogen-bond acceptors (Lipinski definition) is 5. The van der Waals surface area contributed by atoms with Gasteiger partial charge in [0.05, 0.1) is 11.8 Å². The largest absolute Gasteiger partial charge is 0.358 e. The van der Waals surface area contributed by atoms with E-state index in [1.165, 1.54) is 0 Å². The number of aromatic amines is 1. The summed E-state index contributed by atoms with van der Waals surface area (Å²) in [6.07, 6.45) is 1.85. The molecule has 20 heavy (non-hydrogen) atoms. The van der Waals surface area contributed by atoms with Crippen LogP contribution in [0.5, 0.6) is 0 Å². The van der Waals surface area contributed by atoms with Gasteiger partial charge in [-0.25, -0.2) is 0 Å². The third-order valence-electron chi connectivity index (χ3n) is 2.81. The van der Waals surface area contributed by atoms with Crippen LogP contribution in [-0.4, -0.2) is 30.8 Å². The molecule has 0 fully saturated rings. The van der Waals surface area contributed by atoms with Gasteiger partial charge in [0, 0.05) is 24.8 Å². The van der Waals surface area contributed by atoms with Crippen LogP contribution in [0.4, 0.5) is 5.82 Å². The lowest BCUT2D eigenvalue weighted by atomic mass is 10.2. The Labute approximate surface area is 114 Å². The first-order chi connectivity index (χ1) is 9.51. The average Bonchev–Trinajstić information content (AvgIpc) is 3.02. The lowest BCUT2D eigenvalue weighted by molar-refractivity contribution is -0.389. The minimum absolute atomic E-state index is 0.0164. The molecule has 0 aliphatic rings. The average molecular weight is 278 g/mol. The highest BCUT2D eigenvalue weighted by Crippen LogP contribution is 2.09. The van der Waals surface area contributed by atoms with Gasteiger partial charge in [0.1, 0.15) is 0 Å². The first kappa shape index (κ1) is 13.7. The summed E-state index contributed by atoms with van der Waals surface area (Å²) in [6, 6.07) is 1.09. The number of nitro groups is 1. The molecule has 9 heteroatoms. The summed E-state index contributed by atoms with van der Waals surface area (Å²) in [5, 5.41) is 23.2. The first-order valence-electron chi connectivity index (χ1n) is 6.02. The number of aryl methyl sites for hydroxylation is 2. The van der Waals surface area contributed by atoms with Crippen molar-refractivity contribution in [2.24, 2.45) is 0 Å². The van der Waals surface area contributed by atoms with Crippen LogP contribution in [0.2, 0.25) is 0 Å². The molecule has 0 saturated carbocycles. The SMILES string of the molecule is CCn1cc(CNC(=O)c2cc([N+](=O)[O-])[nH]n2)c(C)n1. The van der Waals surface area contributed by atoms with Crippen LogP contribution in [-0.2, 0) is 13.1 Å². The number of hydrogen-bond donors (Lipinski definition) is 2. The second-order valence-electron chi connectivity index (χ2n) is 4.17. The van der Waals surface area contributed by atoms with Crippen molar-refractivity contribution in [2.45, 2.75) is 26.9 Å². The molecule has 2 aromatic rings. The Morgan fingerprint density at radius 3 is 2.90 bits per heavy atom.